The largest absolute Gasteiger partial charge is 0.386 e. The fraction of sp³-hybridized carbons (Fsp3) is 0.308. The Hall–Kier alpha value is -1.27. The van der Waals surface area contributed by atoms with Crippen LogP contribution in [0.25, 0.3) is 0 Å². The number of halogens is 3. The maximum Gasteiger partial charge on any atom is 0.129 e. The van der Waals surface area contributed by atoms with Crippen LogP contribution in [0.3, 0.4) is 0 Å². The Balaban J connectivity index is 2.27. The van der Waals surface area contributed by atoms with Crippen LogP contribution in [-0.2, 0) is 6.54 Å². The highest BCUT2D eigenvalue weighted by atomic mass is 79.9. The van der Waals surface area contributed by atoms with Crippen molar-refractivity contribution in [2.24, 2.45) is 0 Å². The maximum absolute atomic E-state index is 13.5. The highest BCUT2D eigenvalue weighted by Gasteiger charge is 2.17. The molecule has 0 saturated carbocycles. The lowest BCUT2D eigenvalue weighted by Crippen LogP contribution is -2.13. The normalized spacial score (nSPS) is 12.7. The van der Waals surface area contributed by atoms with Crippen molar-refractivity contribution in [1.82, 2.24) is 9.78 Å². The van der Waals surface area contributed by atoms with E-state index in [9.17, 15) is 13.9 Å². The van der Waals surface area contributed by atoms with Gasteiger partial charge >= 0.3 is 0 Å². The van der Waals surface area contributed by atoms with Gasteiger partial charge < -0.3 is 5.11 Å². The highest BCUT2D eigenvalue weighted by Crippen LogP contribution is 2.24. The summed E-state index contributed by atoms with van der Waals surface area (Å²) in [6.07, 6.45) is -1.15. The maximum atomic E-state index is 13.5. The molecular formula is C13H13BrF2N2O. The van der Waals surface area contributed by atoms with Crippen LogP contribution in [0.2, 0.25) is 0 Å². The summed E-state index contributed by atoms with van der Waals surface area (Å²) < 4.78 is 29.0. The van der Waals surface area contributed by atoms with E-state index in [-0.39, 0.29) is 12.1 Å². The van der Waals surface area contributed by atoms with E-state index in [0.29, 0.717) is 0 Å². The molecule has 1 N–H and O–H groups in total. The van der Waals surface area contributed by atoms with E-state index in [1.54, 1.807) is 4.68 Å². The summed E-state index contributed by atoms with van der Waals surface area (Å²) in [4.78, 5) is 0. The number of benzene rings is 1. The molecule has 2 aromatic rings. The van der Waals surface area contributed by atoms with Crippen LogP contribution in [-0.4, -0.2) is 14.9 Å². The molecule has 0 amide bonds. The first-order valence-corrected chi connectivity index (χ1v) is 6.52. The molecule has 0 aliphatic heterocycles. The van der Waals surface area contributed by atoms with E-state index in [1.165, 1.54) is 0 Å². The van der Waals surface area contributed by atoms with Gasteiger partial charge in [0.05, 0.1) is 16.7 Å². The summed E-state index contributed by atoms with van der Waals surface area (Å²) in [7, 11) is 0. The zero-order valence-electron chi connectivity index (χ0n) is 10.5. The van der Waals surface area contributed by atoms with Gasteiger partial charge in [0.2, 0.25) is 0 Å². The molecule has 6 heteroatoms. The molecule has 0 aliphatic carbocycles. The number of aryl methyl sites for hydroxylation is 1. The van der Waals surface area contributed by atoms with Gasteiger partial charge in [0.1, 0.15) is 17.7 Å². The van der Waals surface area contributed by atoms with Crippen molar-refractivity contribution in [1.29, 1.82) is 0 Å². The molecule has 3 nitrogen and oxygen atoms in total. The molecule has 0 saturated heterocycles. The summed E-state index contributed by atoms with van der Waals surface area (Å²) >= 11 is 3.37. The first-order valence-electron chi connectivity index (χ1n) is 5.72. The molecule has 1 atom stereocenters. The van der Waals surface area contributed by atoms with Crippen LogP contribution in [0.5, 0.6) is 0 Å². The standard InChI is InChI=1S/C13H13BrF2N2O/c1-7-13(14)8(2)18(17-7)6-12(19)10-5-9(15)3-4-11(10)16/h3-5,12,19H,6H2,1-2H3. The predicted octanol–water partition coefficient (Wildman–Crippen LogP) is 3.27. The number of hydrogen-bond donors (Lipinski definition) is 1. The second-order valence-corrected chi connectivity index (χ2v) is 5.14. The van der Waals surface area contributed by atoms with Crippen LogP contribution in [0, 0.1) is 25.5 Å². The van der Waals surface area contributed by atoms with E-state index in [4.69, 9.17) is 0 Å². The van der Waals surface area contributed by atoms with Crippen molar-refractivity contribution in [2.45, 2.75) is 26.5 Å². The van der Waals surface area contributed by atoms with E-state index in [0.717, 1.165) is 34.1 Å². The van der Waals surface area contributed by atoms with Crippen molar-refractivity contribution >= 4 is 15.9 Å². The second-order valence-electron chi connectivity index (χ2n) is 4.35. The summed E-state index contributed by atoms with van der Waals surface area (Å²) in [6.45, 7) is 3.72. The Kier molecular flexibility index (Phi) is 4.01. The van der Waals surface area contributed by atoms with Crippen LogP contribution in [0.1, 0.15) is 23.1 Å². The molecule has 19 heavy (non-hydrogen) atoms. The fourth-order valence-corrected chi connectivity index (χ4v) is 2.17. The van der Waals surface area contributed by atoms with Crippen LogP contribution >= 0.6 is 15.9 Å². The van der Waals surface area contributed by atoms with Crippen LogP contribution < -0.4 is 0 Å². The third kappa shape index (κ3) is 2.84. The summed E-state index contributed by atoms with van der Waals surface area (Å²) in [5.74, 6) is -1.21. The smallest absolute Gasteiger partial charge is 0.129 e. The van der Waals surface area contributed by atoms with Gasteiger partial charge in [0.15, 0.2) is 0 Å². The van der Waals surface area contributed by atoms with Gasteiger partial charge in [0, 0.05) is 11.3 Å². The van der Waals surface area contributed by atoms with Crippen molar-refractivity contribution in [2.75, 3.05) is 0 Å². The fourth-order valence-electron chi connectivity index (χ4n) is 1.88. The lowest BCUT2D eigenvalue weighted by molar-refractivity contribution is 0.145. The molecule has 0 spiro atoms. The van der Waals surface area contributed by atoms with E-state index < -0.39 is 17.7 Å². The quantitative estimate of drug-likeness (QED) is 0.937. The monoisotopic (exact) mass is 330 g/mol. The van der Waals surface area contributed by atoms with Gasteiger partial charge in [-0.3, -0.25) is 4.68 Å². The number of aliphatic hydroxyl groups is 1. The Labute approximate surface area is 118 Å². The molecule has 0 aliphatic rings. The lowest BCUT2D eigenvalue weighted by Gasteiger charge is -2.13. The first-order chi connectivity index (χ1) is 8.90. The summed E-state index contributed by atoms with van der Waals surface area (Å²) in [5, 5.41) is 14.2. The van der Waals surface area contributed by atoms with Gasteiger partial charge in [-0.15, -0.1) is 0 Å². The molecule has 1 unspecified atom stereocenters. The SMILES string of the molecule is Cc1nn(CC(O)c2cc(F)ccc2F)c(C)c1Br. The zero-order valence-corrected chi connectivity index (χ0v) is 12.1. The minimum absolute atomic E-state index is 0.0660. The van der Waals surface area contributed by atoms with Gasteiger partial charge in [-0.05, 0) is 48.0 Å². The summed E-state index contributed by atoms with van der Waals surface area (Å²) in [5.41, 5.74) is 1.54. The van der Waals surface area contributed by atoms with Gasteiger partial charge in [-0.25, -0.2) is 8.78 Å². The Morgan fingerprint density at radius 3 is 2.63 bits per heavy atom. The Morgan fingerprint density at radius 2 is 2.05 bits per heavy atom. The lowest BCUT2D eigenvalue weighted by atomic mass is 10.1. The zero-order chi connectivity index (χ0) is 14.2. The number of hydrogen-bond acceptors (Lipinski definition) is 2. The topological polar surface area (TPSA) is 38.0 Å². The van der Waals surface area contributed by atoms with E-state index in [1.807, 2.05) is 13.8 Å². The molecular weight excluding hydrogens is 318 g/mol. The van der Waals surface area contributed by atoms with E-state index >= 15 is 0 Å². The average Bonchev–Trinajstić information content (AvgIpc) is 2.60. The second kappa shape index (κ2) is 5.38. The number of rotatable bonds is 3. The van der Waals surface area contributed by atoms with Gasteiger partial charge in [0.25, 0.3) is 0 Å². The number of aliphatic hydroxyl groups excluding tert-OH is 1. The molecule has 1 heterocycles. The third-order valence-electron chi connectivity index (χ3n) is 2.96. The Morgan fingerprint density at radius 1 is 1.37 bits per heavy atom. The van der Waals surface area contributed by atoms with Crippen LogP contribution in [0.15, 0.2) is 22.7 Å². The summed E-state index contributed by atoms with van der Waals surface area (Å²) in [6, 6.07) is 3.02. The number of nitrogens with zero attached hydrogens (tertiary/aromatic N) is 2. The number of aromatic nitrogens is 2. The highest BCUT2D eigenvalue weighted by molar-refractivity contribution is 9.10. The third-order valence-corrected chi connectivity index (χ3v) is 4.10. The molecule has 0 bridgehead atoms. The first kappa shape index (κ1) is 14.1. The molecule has 102 valence electrons. The predicted molar refractivity (Wildman–Crippen MR) is 70.7 cm³/mol. The molecule has 1 aromatic heterocycles. The molecule has 1 aromatic carbocycles. The van der Waals surface area contributed by atoms with Gasteiger partial charge in [-0.2, -0.15) is 5.10 Å². The van der Waals surface area contributed by atoms with Crippen molar-refractivity contribution < 1.29 is 13.9 Å². The van der Waals surface area contributed by atoms with Crippen molar-refractivity contribution in [3.8, 4) is 0 Å². The Bertz CT molecular complexity index is 613. The van der Waals surface area contributed by atoms with Gasteiger partial charge in [-0.1, -0.05) is 0 Å². The van der Waals surface area contributed by atoms with E-state index in [2.05, 4.69) is 21.0 Å². The minimum Gasteiger partial charge on any atom is -0.386 e. The molecule has 0 radical (unpaired) electrons. The minimum atomic E-state index is -1.15. The van der Waals surface area contributed by atoms with Crippen LogP contribution in [0.4, 0.5) is 8.78 Å². The molecule has 0 fully saturated rings. The van der Waals surface area contributed by atoms with Crippen molar-refractivity contribution in [3.05, 3.63) is 51.3 Å². The molecule has 2 rings (SSSR count). The average molecular weight is 331 g/mol. The van der Waals surface area contributed by atoms with Crippen molar-refractivity contribution in [3.63, 3.8) is 0 Å².